The van der Waals surface area contributed by atoms with Gasteiger partial charge in [0.1, 0.15) is 18.2 Å². The van der Waals surface area contributed by atoms with Gasteiger partial charge >= 0.3 is 0 Å². The van der Waals surface area contributed by atoms with E-state index >= 15 is 0 Å². The second-order valence-corrected chi connectivity index (χ2v) is 9.27. The minimum Gasteiger partial charge on any atom is -0.394 e. The molecule has 196 valence electrons. The number of halogens is 1. The first-order valence-electron chi connectivity index (χ1n) is 12.3. The van der Waals surface area contributed by atoms with E-state index in [2.05, 4.69) is 26.4 Å². The Morgan fingerprint density at radius 3 is 2.82 bits per heavy atom. The summed E-state index contributed by atoms with van der Waals surface area (Å²) in [5.74, 6) is 0.214. The third-order valence-corrected chi connectivity index (χ3v) is 6.59. The molecule has 0 bridgehead atoms. The van der Waals surface area contributed by atoms with Crippen molar-refractivity contribution in [1.29, 1.82) is 5.26 Å². The number of likely N-dealkylation sites (N-methyl/N-ethyl adjacent to an activating group) is 1. The normalized spacial score (nSPS) is 16.1. The van der Waals surface area contributed by atoms with Crippen molar-refractivity contribution in [3.8, 4) is 17.3 Å². The molecule has 1 saturated heterocycles. The van der Waals surface area contributed by atoms with Crippen LogP contribution in [0.3, 0.4) is 0 Å². The van der Waals surface area contributed by atoms with Crippen LogP contribution in [0.4, 0.5) is 10.2 Å². The molecule has 0 unspecified atom stereocenters. The zero-order valence-corrected chi connectivity index (χ0v) is 21.0. The molecule has 12 heteroatoms. The maximum atomic E-state index is 14.1. The lowest BCUT2D eigenvalue weighted by Gasteiger charge is -2.40. The molecule has 1 aliphatic heterocycles. The second-order valence-electron chi connectivity index (χ2n) is 9.27. The number of hydrogen-bond donors (Lipinski definition) is 2. The molecule has 0 radical (unpaired) electrons. The number of fused-ring (bicyclic) bond motifs is 1. The van der Waals surface area contributed by atoms with Gasteiger partial charge in [0, 0.05) is 50.1 Å². The van der Waals surface area contributed by atoms with Crippen molar-refractivity contribution >= 4 is 17.4 Å². The lowest BCUT2D eigenvalue weighted by Crippen LogP contribution is -2.53. The lowest BCUT2D eigenvalue weighted by molar-refractivity contribution is 0.0946. The predicted molar refractivity (Wildman–Crippen MR) is 138 cm³/mol. The first-order chi connectivity index (χ1) is 18.5. The van der Waals surface area contributed by atoms with Gasteiger partial charge in [0.2, 0.25) is 0 Å². The van der Waals surface area contributed by atoms with Gasteiger partial charge in [-0.25, -0.2) is 9.37 Å². The number of aromatic nitrogens is 5. The Bertz CT molecular complexity index is 1470. The van der Waals surface area contributed by atoms with E-state index in [1.54, 1.807) is 58.0 Å². The zero-order valence-electron chi connectivity index (χ0n) is 21.0. The van der Waals surface area contributed by atoms with E-state index in [1.165, 1.54) is 0 Å². The first-order valence-corrected chi connectivity index (χ1v) is 12.3. The Balaban J connectivity index is 1.50. The highest BCUT2D eigenvalue weighted by Gasteiger charge is 2.29. The van der Waals surface area contributed by atoms with Crippen molar-refractivity contribution in [2.24, 2.45) is 0 Å². The minimum absolute atomic E-state index is 0.0348. The van der Waals surface area contributed by atoms with E-state index in [1.807, 2.05) is 11.9 Å². The zero-order chi connectivity index (χ0) is 26.6. The molecular formula is C26H28FN9O2. The van der Waals surface area contributed by atoms with Crippen LogP contribution in [-0.2, 0) is 13.1 Å². The maximum absolute atomic E-state index is 14.1. The Labute approximate surface area is 218 Å². The Morgan fingerprint density at radius 1 is 1.26 bits per heavy atom. The topological polar surface area (TPSA) is 128 Å². The summed E-state index contributed by atoms with van der Waals surface area (Å²) < 4.78 is 17.4. The Morgan fingerprint density at radius 2 is 2.08 bits per heavy atom. The van der Waals surface area contributed by atoms with Crippen LogP contribution in [0.25, 0.3) is 16.9 Å². The highest BCUT2D eigenvalue weighted by atomic mass is 19.1. The summed E-state index contributed by atoms with van der Waals surface area (Å²) in [7, 11) is 1.96. The van der Waals surface area contributed by atoms with Crippen LogP contribution >= 0.6 is 0 Å². The third-order valence-electron chi connectivity index (χ3n) is 6.59. The fourth-order valence-electron chi connectivity index (χ4n) is 4.56. The Hall–Kier alpha value is -4.34. The van der Waals surface area contributed by atoms with Gasteiger partial charge in [-0.05, 0) is 24.7 Å². The standard InChI is InChI=1S/C26H28FN9O2/c1-33-6-7-35(21(12-27)17-33)25-11-23(26(38)29-14-19-4-2-18(13-28)3-5-19)31-24-10-22(32-36(24)25)20-15-30-34(16-20)8-9-37/h2-5,10-11,15-16,21,37H,6-9,12,14,17H2,1H3,(H,29,38)/t21-/m1/s1. The number of carbonyl (C=O) groups excluding carboxylic acids is 1. The quantitative estimate of drug-likeness (QED) is 0.360. The number of benzene rings is 1. The molecule has 4 heterocycles. The van der Waals surface area contributed by atoms with Crippen LogP contribution < -0.4 is 10.2 Å². The fourth-order valence-corrected chi connectivity index (χ4v) is 4.56. The number of carbonyl (C=O) groups is 1. The number of rotatable bonds is 8. The van der Waals surface area contributed by atoms with E-state index in [0.29, 0.717) is 42.4 Å². The van der Waals surface area contributed by atoms with E-state index in [-0.39, 0.29) is 24.8 Å². The summed E-state index contributed by atoms with van der Waals surface area (Å²) in [5.41, 5.74) is 3.38. The van der Waals surface area contributed by atoms with Gasteiger partial charge in [0.15, 0.2) is 5.65 Å². The average Bonchev–Trinajstić information content (AvgIpc) is 3.59. The van der Waals surface area contributed by atoms with Crippen molar-refractivity contribution in [3.05, 3.63) is 65.6 Å². The lowest BCUT2D eigenvalue weighted by atomic mass is 10.1. The molecule has 5 rings (SSSR count). The van der Waals surface area contributed by atoms with Crippen LogP contribution in [0, 0.1) is 11.3 Å². The van der Waals surface area contributed by atoms with Gasteiger partial charge in [0.05, 0.1) is 42.7 Å². The molecule has 1 fully saturated rings. The number of hydrogen-bond acceptors (Lipinski definition) is 8. The molecule has 0 saturated carbocycles. The highest BCUT2D eigenvalue weighted by molar-refractivity contribution is 5.93. The summed E-state index contributed by atoms with van der Waals surface area (Å²) >= 11 is 0. The number of nitrogens with zero attached hydrogens (tertiary/aromatic N) is 8. The predicted octanol–water partition coefficient (Wildman–Crippen LogP) is 1.48. The summed E-state index contributed by atoms with van der Waals surface area (Å²) in [6.45, 7) is 1.90. The minimum atomic E-state index is -0.545. The van der Waals surface area contributed by atoms with Crippen molar-refractivity contribution in [2.45, 2.75) is 19.1 Å². The van der Waals surface area contributed by atoms with E-state index in [9.17, 15) is 14.3 Å². The number of aliphatic hydroxyl groups excluding tert-OH is 1. The van der Waals surface area contributed by atoms with E-state index < -0.39 is 12.7 Å². The molecule has 0 spiro atoms. The van der Waals surface area contributed by atoms with Crippen molar-refractivity contribution < 1.29 is 14.3 Å². The number of aliphatic hydroxyl groups is 1. The fraction of sp³-hybridized carbons (Fsp3) is 0.346. The van der Waals surface area contributed by atoms with Crippen LogP contribution in [0.2, 0.25) is 0 Å². The molecule has 4 aromatic rings. The Kier molecular flexibility index (Phi) is 7.30. The molecule has 11 nitrogen and oxygen atoms in total. The smallest absolute Gasteiger partial charge is 0.270 e. The third kappa shape index (κ3) is 5.20. The number of nitriles is 1. The monoisotopic (exact) mass is 517 g/mol. The number of piperazine rings is 1. The molecule has 0 aliphatic carbocycles. The number of amides is 1. The van der Waals surface area contributed by atoms with Gasteiger partial charge in [-0.3, -0.25) is 9.48 Å². The van der Waals surface area contributed by atoms with Crippen molar-refractivity contribution in [1.82, 2.24) is 34.6 Å². The number of alkyl halides is 1. The van der Waals surface area contributed by atoms with Gasteiger partial charge in [-0.2, -0.15) is 20.0 Å². The molecule has 1 aromatic carbocycles. The van der Waals surface area contributed by atoms with E-state index in [4.69, 9.17) is 10.4 Å². The first kappa shape index (κ1) is 25.3. The van der Waals surface area contributed by atoms with Gasteiger partial charge in [0.25, 0.3) is 5.91 Å². The molecule has 38 heavy (non-hydrogen) atoms. The molecule has 1 amide bonds. The molecule has 1 atom stereocenters. The molecular weight excluding hydrogens is 489 g/mol. The molecule has 1 aliphatic rings. The van der Waals surface area contributed by atoms with Crippen molar-refractivity contribution in [3.63, 3.8) is 0 Å². The maximum Gasteiger partial charge on any atom is 0.270 e. The highest BCUT2D eigenvalue weighted by Crippen LogP contribution is 2.26. The average molecular weight is 518 g/mol. The van der Waals surface area contributed by atoms with Crippen LogP contribution in [-0.4, -0.2) is 86.3 Å². The van der Waals surface area contributed by atoms with Crippen LogP contribution in [0.1, 0.15) is 21.6 Å². The van der Waals surface area contributed by atoms with Gasteiger partial charge < -0.3 is 20.2 Å². The molecule has 3 aromatic heterocycles. The number of anilines is 1. The summed E-state index contributed by atoms with van der Waals surface area (Å²) in [5, 5.41) is 30.1. The van der Waals surface area contributed by atoms with E-state index in [0.717, 1.165) is 17.7 Å². The summed E-state index contributed by atoms with van der Waals surface area (Å²) in [6.07, 6.45) is 3.44. The van der Waals surface area contributed by atoms with Gasteiger partial charge in [-0.1, -0.05) is 12.1 Å². The summed E-state index contributed by atoms with van der Waals surface area (Å²) in [6, 6.07) is 12.1. The van der Waals surface area contributed by atoms with Crippen molar-refractivity contribution in [2.75, 3.05) is 44.9 Å². The molecule has 2 N–H and O–H groups in total. The number of nitrogens with one attached hydrogen (secondary N) is 1. The van der Waals surface area contributed by atoms with Gasteiger partial charge in [-0.15, -0.1) is 0 Å². The SMILES string of the molecule is CN1CCN(c2cc(C(=O)NCc3ccc(C#N)cc3)nc3cc(-c4cnn(CCO)c4)nn23)[C@H](CF)C1. The summed E-state index contributed by atoms with van der Waals surface area (Å²) in [4.78, 5) is 21.8. The van der Waals surface area contributed by atoms with Crippen LogP contribution in [0.5, 0.6) is 0 Å². The second kappa shape index (κ2) is 11.0. The largest absolute Gasteiger partial charge is 0.394 e. The van der Waals surface area contributed by atoms with Crippen LogP contribution in [0.15, 0.2) is 48.8 Å².